The van der Waals surface area contributed by atoms with E-state index in [-0.39, 0.29) is 5.75 Å². The number of fused-ring (bicyclic) bond motifs is 1. The van der Waals surface area contributed by atoms with Crippen molar-refractivity contribution in [1.29, 1.82) is 0 Å². The quantitative estimate of drug-likeness (QED) is 0.527. The zero-order valence-electron chi connectivity index (χ0n) is 6.28. The van der Waals surface area contributed by atoms with Gasteiger partial charge in [-0.15, -0.1) is 0 Å². The van der Waals surface area contributed by atoms with Gasteiger partial charge in [-0.1, -0.05) is 6.07 Å². The highest BCUT2D eigenvalue weighted by atomic mass is 32.2. The number of pyridine rings is 1. The van der Waals surface area contributed by atoms with Crippen LogP contribution in [0.15, 0.2) is 23.4 Å². The molecule has 2 rings (SSSR count). The van der Waals surface area contributed by atoms with Crippen LogP contribution in [0.5, 0.6) is 5.75 Å². The standard InChI is InChI=1S/C8H9NOS/c1-6-5-9-4-2-3-7(10)8(9)11-6/h2-4,6H,5H2,1H3. The lowest BCUT2D eigenvalue weighted by Crippen LogP contribution is -2.34. The van der Waals surface area contributed by atoms with Crippen LogP contribution >= 0.6 is 11.8 Å². The Labute approximate surface area is 69.9 Å². The maximum absolute atomic E-state index is 11.2. The van der Waals surface area contributed by atoms with E-state index < -0.39 is 0 Å². The topological polar surface area (TPSA) is 26.9 Å². The average Bonchev–Trinajstić information content (AvgIpc) is 2.31. The third-order valence-corrected chi connectivity index (χ3v) is 2.96. The van der Waals surface area contributed by atoms with Crippen molar-refractivity contribution < 1.29 is 9.67 Å². The molecule has 0 aromatic carbocycles. The van der Waals surface area contributed by atoms with Gasteiger partial charge in [0.2, 0.25) is 5.03 Å². The van der Waals surface area contributed by atoms with E-state index in [1.54, 1.807) is 17.8 Å². The molecule has 0 bridgehead atoms. The Bertz CT molecular complexity index is 287. The molecule has 3 heteroatoms. The van der Waals surface area contributed by atoms with E-state index in [0.717, 1.165) is 11.6 Å². The monoisotopic (exact) mass is 167 g/mol. The number of nitrogens with zero attached hydrogens (tertiary/aromatic N) is 1. The Hall–Kier alpha value is -0.700. The third-order valence-electron chi connectivity index (χ3n) is 1.75. The van der Waals surface area contributed by atoms with Gasteiger partial charge in [0, 0.05) is 6.07 Å². The van der Waals surface area contributed by atoms with Crippen LogP contribution in [0.4, 0.5) is 0 Å². The van der Waals surface area contributed by atoms with E-state index in [9.17, 15) is 5.11 Å². The van der Waals surface area contributed by atoms with E-state index in [2.05, 4.69) is 6.92 Å². The highest BCUT2D eigenvalue weighted by Crippen LogP contribution is 2.30. The lowest BCUT2D eigenvalue weighted by Gasteiger charge is -2.03. The zero-order valence-corrected chi connectivity index (χ0v) is 7.10. The van der Waals surface area contributed by atoms with Crippen LogP contribution in [0.2, 0.25) is 0 Å². The molecule has 0 spiro atoms. The van der Waals surface area contributed by atoms with Crippen LogP contribution in [0.3, 0.4) is 0 Å². The predicted molar refractivity (Wildman–Crippen MR) is 41.4 cm³/mol. The molecule has 1 atom stereocenters. The van der Waals surface area contributed by atoms with Gasteiger partial charge >= 0.3 is 0 Å². The van der Waals surface area contributed by atoms with Crippen LogP contribution in [-0.4, -0.2) is 5.25 Å². The van der Waals surface area contributed by atoms with Gasteiger partial charge < -0.3 is 5.11 Å². The van der Waals surface area contributed by atoms with Gasteiger partial charge in [0.1, 0.15) is 0 Å². The van der Waals surface area contributed by atoms with Crippen molar-refractivity contribution in [1.82, 2.24) is 0 Å². The van der Waals surface area contributed by atoms with Crippen molar-refractivity contribution in [3.8, 4) is 5.75 Å². The fourth-order valence-corrected chi connectivity index (χ4v) is 2.36. The molecule has 1 aromatic rings. The molecule has 2 heterocycles. The molecular weight excluding hydrogens is 158 g/mol. The lowest BCUT2D eigenvalue weighted by atomic mass is 10.4. The fraction of sp³-hybridized carbons (Fsp3) is 0.375. The second-order valence-corrected chi connectivity index (χ2v) is 4.19. The smallest absolute Gasteiger partial charge is 0.232 e. The second kappa shape index (κ2) is 2.41. The van der Waals surface area contributed by atoms with Gasteiger partial charge in [0.25, 0.3) is 0 Å². The van der Waals surface area contributed by atoms with Crippen molar-refractivity contribution in [2.24, 2.45) is 0 Å². The minimum absolute atomic E-state index is 0.154. The fourth-order valence-electron chi connectivity index (χ4n) is 1.29. The Morgan fingerprint density at radius 3 is 3.27 bits per heavy atom. The largest absolute Gasteiger partial charge is 0.868 e. The highest BCUT2D eigenvalue weighted by molar-refractivity contribution is 7.99. The molecule has 0 aliphatic carbocycles. The van der Waals surface area contributed by atoms with Gasteiger partial charge in [-0.3, -0.25) is 0 Å². The maximum atomic E-state index is 11.2. The minimum atomic E-state index is 0.154. The minimum Gasteiger partial charge on any atom is -0.868 e. The first-order chi connectivity index (χ1) is 5.27. The molecule has 11 heavy (non-hydrogen) atoms. The zero-order chi connectivity index (χ0) is 7.84. The average molecular weight is 167 g/mol. The van der Waals surface area contributed by atoms with Crippen LogP contribution in [0.1, 0.15) is 6.92 Å². The number of hydrogen-bond donors (Lipinski definition) is 0. The first-order valence-corrected chi connectivity index (χ1v) is 4.51. The molecule has 0 saturated carbocycles. The number of rotatable bonds is 0. The molecule has 1 aromatic heterocycles. The molecule has 0 saturated heterocycles. The van der Waals surface area contributed by atoms with Crippen molar-refractivity contribution in [2.75, 3.05) is 0 Å². The van der Waals surface area contributed by atoms with Gasteiger partial charge in [-0.25, -0.2) is 0 Å². The Balaban J connectivity index is 2.49. The van der Waals surface area contributed by atoms with E-state index in [0.29, 0.717) is 5.25 Å². The summed E-state index contributed by atoms with van der Waals surface area (Å²) < 4.78 is 2.03. The Kier molecular flexibility index (Phi) is 1.53. The van der Waals surface area contributed by atoms with E-state index in [1.165, 1.54) is 0 Å². The summed E-state index contributed by atoms with van der Waals surface area (Å²) in [6, 6.07) is 3.43. The van der Waals surface area contributed by atoms with Crippen LogP contribution in [0.25, 0.3) is 0 Å². The Morgan fingerprint density at radius 1 is 1.73 bits per heavy atom. The van der Waals surface area contributed by atoms with E-state index >= 15 is 0 Å². The van der Waals surface area contributed by atoms with Gasteiger partial charge in [-0.05, 0) is 24.4 Å². The first-order valence-electron chi connectivity index (χ1n) is 3.63. The molecule has 1 aliphatic heterocycles. The summed E-state index contributed by atoms with van der Waals surface area (Å²) in [5.41, 5.74) is 0. The van der Waals surface area contributed by atoms with Crippen molar-refractivity contribution in [3.05, 3.63) is 18.3 Å². The molecule has 0 fully saturated rings. The summed E-state index contributed by atoms with van der Waals surface area (Å²) in [6.07, 6.45) is 1.97. The normalized spacial score (nSPS) is 21.7. The van der Waals surface area contributed by atoms with E-state index in [1.807, 2.05) is 16.8 Å². The second-order valence-electron chi connectivity index (χ2n) is 2.76. The summed E-state index contributed by atoms with van der Waals surface area (Å²) in [7, 11) is 0. The predicted octanol–water partition coefficient (Wildman–Crippen LogP) is 0.542. The highest BCUT2D eigenvalue weighted by Gasteiger charge is 2.25. The van der Waals surface area contributed by atoms with Crippen molar-refractivity contribution in [2.45, 2.75) is 23.7 Å². The molecule has 58 valence electrons. The lowest BCUT2D eigenvalue weighted by molar-refractivity contribution is -0.728. The maximum Gasteiger partial charge on any atom is 0.232 e. The molecular formula is C8H9NOS. The summed E-state index contributed by atoms with van der Waals surface area (Å²) in [5.74, 6) is 0.154. The summed E-state index contributed by atoms with van der Waals surface area (Å²) in [6.45, 7) is 3.10. The van der Waals surface area contributed by atoms with Gasteiger partial charge in [0.15, 0.2) is 12.7 Å². The van der Waals surface area contributed by atoms with Crippen LogP contribution in [-0.2, 0) is 6.54 Å². The summed E-state index contributed by atoms with van der Waals surface area (Å²) in [4.78, 5) is 0. The summed E-state index contributed by atoms with van der Waals surface area (Å²) >= 11 is 1.67. The Morgan fingerprint density at radius 2 is 2.55 bits per heavy atom. The first kappa shape index (κ1) is 6.98. The van der Waals surface area contributed by atoms with E-state index in [4.69, 9.17) is 0 Å². The molecule has 0 amide bonds. The third kappa shape index (κ3) is 1.09. The summed E-state index contributed by atoms with van der Waals surface area (Å²) in [5, 5.41) is 12.7. The molecule has 0 radical (unpaired) electrons. The SMILES string of the molecule is CC1C[n+]2cccc([O-])c2S1. The molecule has 1 unspecified atom stereocenters. The van der Waals surface area contributed by atoms with Gasteiger partial charge in [-0.2, -0.15) is 4.57 Å². The van der Waals surface area contributed by atoms with Gasteiger partial charge in [0.05, 0.1) is 5.25 Å². The van der Waals surface area contributed by atoms with Crippen LogP contribution < -0.4 is 9.67 Å². The van der Waals surface area contributed by atoms with Crippen molar-refractivity contribution >= 4 is 11.8 Å². The number of hydrogen-bond acceptors (Lipinski definition) is 2. The molecule has 0 N–H and O–H groups in total. The van der Waals surface area contributed by atoms with Crippen LogP contribution in [0, 0.1) is 0 Å². The van der Waals surface area contributed by atoms with Crippen molar-refractivity contribution in [3.63, 3.8) is 0 Å². The number of aromatic nitrogens is 1. The number of thioether (sulfide) groups is 1. The molecule has 1 aliphatic rings. The molecule has 2 nitrogen and oxygen atoms in total.